The Bertz CT molecular complexity index is 211. The van der Waals surface area contributed by atoms with E-state index in [-0.39, 0.29) is 18.1 Å². The Morgan fingerprint density at radius 1 is 1.40 bits per heavy atom. The predicted molar refractivity (Wildman–Crippen MR) is 59.7 cm³/mol. The van der Waals surface area contributed by atoms with Gasteiger partial charge >= 0.3 is 6.03 Å². The number of carbonyl (C=O) groups excluding carboxylic acids is 1. The molecule has 0 aromatic carbocycles. The fourth-order valence-electron chi connectivity index (χ4n) is 1.68. The van der Waals surface area contributed by atoms with Crippen molar-refractivity contribution in [2.75, 3.05) is 13.2 Å². The maximum Gasteiger partial charge on any atom is 0.315 e. The zero-order valence-electron chi connectivity index (χ0n) is 9.68. The molecule has 0 saturated heterocycles. The second-order valence-corrected chi connectivity index (χ2v) is 5.13. The molecule has 0 aromatic rings. The summed E-state index contributed by atoms with van der Waals surface area (Å²) < 4.78 is 0. The number of urea groups is 1. The minimum Gasteiger partial charge on any atom is -0.396 e. The van der Waals surface area contributed by atoms with Crippen LogP contribution in [0.25, 0.3) is 0 Å². The summed E-state index contributed by atoms with van der Waals surface area (Å²) in [5, 5.41) is 14.8. The largest absolute Gasteiger partial charge is 0.396 e. The van der Waals surface area contributed by atoms with Crippen LogP contribution < -0.4 is 10.6 Å². The molecule has 2 amide bonds. The third-order valence-corrected chi connectivity index (χ3v) is 2.85. The molecule has 1 fully saturated rings. The lowest BCUT2D eigenvalue weighted by Gasteiger charge is -2.22. The number of aliphatic hydroxyl groups excluding tert-OH is 1. The molecule has 88 valence electrons. The Balaban J connectivity index is 2.18. The molecule has 1 aliphatic carbocycles. The zero-order chi connectivity index (χ0) is 11.3. The van der Waals surface area contributed by atoms with E-state index in [4.69, 9.17) is 5.11 Å². The molecule has 0 aromatic heterocycles. The predicted octanol–water partition coefficient (Wildman–Crippen LogP) is 1.25. The molecule has 0 unspecified atom stereocenters. The van der Waals surface area contributed by atoms with Gasteiger partial charge in [-0.1, -0.05) is 26.7 Å². The monoisotopic (exact) mass is 214 g/mol. The van der Waals surface area contributed by atoms with E-state index in [2.05, 4.69) is 10.6 Å². The van der Waals surface area contributed by atoms with Gasteiger partial charge in [-0.05, 0) is 12.8 Å². The van der Waals surface area contributed by atoms with Crippen molar-refractivity contribution in [3.8, 4) is 0 Å². The second-order valence-electron chi connectivity index (χ2n) is 5.13. The molecule has 4 heteroatoms. The SMILES string of the molecule is CC(C)(CO)CNC(=O)NC1CCCC1. The fourth-order valence-corrected chi connectivity index (χ4v) is 1.68. The summed E-state index contributed by atoms with van der Waals surface area (Å²) in [6, 6.07) is 0.241. The van der Waals surface area contributed by atoms with Crippen LogP contribution in [0.5, 0.6) is 0 Å². The van der Waals surface area contributed by atoms with Gasteiger partial charge in [0.2, 0.25) is 0 Å². The first-order valence-electron chi connectivity index (χ1n) is 5.69. The summed E-state index contributed by atoms with van der Waals surface area (Å²) in [5.41, 5.74) is -0.243. The van der Waals surface area contributed by atoms with E-state index in [0.717, 1.165) is 12.8 Å². The molecule has 3 N–H and O–H groups in total. The van der Waals surface area contributed by atoms with Crippen LogP contribution >= 0.6 is 0 Å². The van der Waals surface area contributed by atoms with Crippen molar-refractivity contribution in [2.24, 2.45) is 5.41 Å². The minimum atomic E-state index is -0.243. The van der Waals surface area contributed by atoms with E-state index < -0.39 is 0 Å². The van der Waals surface area contributed by atoms with Gasteiger partial charge in [0.15, 0.2) is 0 Å². The Labute approximate surface area is 91.4 Å². The van der Waals surface area contributed by atoms with Crippen molar-refractivity contribution in [3.63, 3.8) is 0 Å². The highest BCUT2D eigenvalue weighted by molar-refractivity contribution is 5.74. The van der Waals surface area contributed by atoms with E-state index in [0.29, 0.717) is 12.6 Å². The fraction of sp³-hybridized carbons (Fsp3) is 0.909. The van der Waals surface area contributed by atoms with Crippen LogP contribution in [-0.2, 0) is 0 Å². The van der Waals surface area contributed by atoms with Crippen LogP contribution in [0.1, 0.15) is 39.5 Å². The first-order valence-corrected chi connectivity index (χ1v) is 5.69. The molecule has 0 heterocycles. The Morgan fingerprint density at radius 3 is 2.53 bits per heavy atom. The highest BCUT2D eigenvalue weighted by Crippen LogP contribution is 2.17. The average molecular weight is 214 g/mol. The number of rotatable bonds is 4. The van der Waals surface area contributed by atoms with Crippen molar-refractivity contribution in [2.45, 2.75) is 45.6 Å². The third-order valence-electron chi connectivity index (χ3n) is 2.85. The molecular weight excluding hydrogens is 192 g/mol. The van der Waals surface area contributed by atoms with Crippen LogP contribution in [0.2, 0.25) is 0 Å². The van der Waals surface area contributed by atoms with Crippen molar-refractivity contribution in [1.29, 1.82) is 0 Å². The molecule has 0 atom stereocenters. The summed E-state index contributed by atoms with van der Waals surface area (Å²) in [6.45, 7) is 4.42. The Morgan fingerprint density at radius 2 is 2.00 bits per heavy atom. The number of aliphatic hydroxyl groups is 1. The highest BCUT2D eigenvalue weighted by Gasteiger charge is 2.20. The first-order chi connectivity index (χ1) is 7.03. The van der Waals surface area contributed by atoms with E-state index in [1.165, 1.54) is 12.8 Å². The van der Waals surface area contributed by atoms with Crippen LogP contribution in [-0.4, -0.2) is 30.3 Å². The van der Waals surface area contributed by atoms with Crippen LogP contribution in [0, 0.1) is 5.41 Å². The smallest absolute Gasteiger partial charge is 0.315 e. The van der Waals surface area contributed by atoms with Crippen molar-refractivity contribution in [1.82, 2.24) is 10.6 Å². The van der Waals surface area contributed by atoms with Crippen LogP contribution in [0.4, 0.5) is 4.79 Å². The molecule has 4 nitrogen and oxygen atoms in total. The second kappa shape index (κ2) is 5.35. The molecule has 1 rings (SSSR count). The van der Waals surface area contributed by atoms with Crippen molar-refractivity contribution < 1.29 is 9.90 Å². The molecule has 0 aliphatic heterocycles. The molecule has 1 saturated carbocycles. The number of amides is 2. The van der Waals surface area contributed by atoms with Crippen molar-refractivity contribution >= 4 is 6.03 Å². The Kier molecular flexibility index (Phi) is 4.39. The van der Waals surface area contributed by atoms with Crippen LogP contribution in [0.3, 0.4) is 0 Å². The molecule has 15 heavy (non-hydrogen) atoms. The van der Waals surface area contributed by atoms with Gasteiger partial charge in [0.05, 0.1) is 0 Å². The quantitative estimate of drug-likeness (QED) is 0.659. The third kappa shape index (κ3) is 4.51. The van der Waals surface area contributed by atoms with Gasteiger partial charge in [-0.15, -0.1) is 0 Å². The van der Waals surface area contributed by atoms with Gasteiger partial charge < -0.3 is 15.7 Å². The molecule has 0 radical (unpaired) electrons. The normalized spacial score (nSPS) is 17.8. The molecule has 1 aliphatic rings. The molecule has 0 bridgehead atoms. The zero-order valence-corrected chi connectivity index (χ0v) is 9.68. The van der Waals surface area contributed by atoms with Gasteiger partial charge in [-0.25, -0.2) is 4.79 Å². The number of hydrogen-bond acceptors (Lipinski definition) is 2. The molecular formula is C11H22N2O2. The van der Waals surface area contributed by atoms with Crippen LogP contribution in [0.15, 0.2) is 0 Å². The first kappa shape index (κ1) is 12.3. The van der Waals surface area contributed by atoms with E-state index in [1.807, 2.05) is 13.8 Å². The summed E-state index contributed by atoms with van der Waals surface area (Å²) in [5.74, 6) is 0. The standard InChI is InChI=1S/C11H22N2O2/c1-11(2,8-14)7-12-10(15)13-9-5-3-4-6-9/h9,14H,3-8H2,1-2H3,(H2,12,13,15). The van der Waals surface area contributed by atoms with Gasteiger partial charge in [0, 0.05) is 24.6 Å². The van der Waals surface area contributed by atoms with Gasteiger partial charge in [0.25, 0.3) is 0 Å². The van der Waals surface area contributed by atoms with E-state index >= 15 is 0 Å². The van der Waals surface area contributed by atoms with Crippen molar-refractivity contribution in [3.05, 3.63) is 0 Å². The lowest BCUT2D eigenvalue weighted by Crippen LogP contribution is -2.45. The van der Waals surface area contributed by atoms with E-state index in [1.54, 1.807) is 0 Å². The van der Waals surface area contributed by atoms with Gasteiger partial charge in [-0.3, -0.25) is 0 Å². The minimum absolute atomic E-state index is 0.0801. The number of nitrogens with one attached hydrogen (secondary N) is 2. The number of hydrogen-bond donors (Lipinski definition) is 3. The number of carbonyl (C=O) groups is 1. The lowest BCUT2D eigenvalue weighted by atomic mass is 9.95. The topological polar surface area (TPSA) is 61.4 Å². The average Bonchev–Trinajstić information content (AvgIpc) is 2.68. The maximum atomic E-state index is 11.5. The summed E-state index contributed by atoms with van der Waals surface area (Å²) in [6.07, 6.45) is 4.62. The summed E-state index contributed by atoms with van der Waals surface area (Å²) >= 11 is 0. The van der Waals surface area contributed by atoms with Gasteiger partial charge in [-0.2, -0.15) is 0 Å². The van der Waals surface area contributed by atoms with E-state index in [9.17, 15) is 4.79 Å². The van der Waals surface area contributed by atoms with Gasteiger partial charge in [0.1, 0.15) is 0 Å². The summed E-state index contributed by atoms with van der Waals surface area (Å²) in [7, 11) is 0. The maximum absolute atomic E-state index is 11.5. The molecule has 0 spiro atoms. The lowest BCUT2D eigenvalue weighted by molar-refractivity contribution is 0.157. The summed E-state index contributed by atoms with van der Waals surface area (Å²) in [4.78, 5) is 11.5. The Hall–Kier alpha value is -0.770. The highest BCUT2D eigenvalue weighted by atomic mass is 16.3.